The fourth-order valence-electron chi connectivity index (χ4n) is 6.75. The Hall–Kier alpha value is -6.14. The molecule has 0 radical (unpaired) electrons. The van der Waals surface area contributed by atoms with E-state index in [1.54, 1.807) is 0 Å². The van der Waals surface area contributed by atoms with Gasteiger partial charge in [-0.1, -0.05) is 91.0 Å². The second kappa shape index (κ2) is 8.69. The van der Waals surface area contributed by atoms with Crippen LogP contribution in [0, 0.1) is 0 Å². The van der Waals surface area contributed by atoms with Crippen LogP contribution in [0.2, 0.25) is 0 Å². The van der Waals surface area contributed by atoms with E-state index in [4.69, 9.17) is 24.4 Å². The zero-order chi connectivity index (χ0) is 28.8. The monoisotopic (exact) mass is 563 g/mol. The Morgan fingerprint density at radius 3 is 1.95 bits per heavy atom. The lowest BCUT2D eigenvalue weighted by molar-refractivity contribution is 0.673. The summed E-state index contributed by atoms with van der Waals surface area (Å²) in [7, 11) is 0. The predicted molar refractivity (Wildman–Crippen MR) is 177 cm³/mol. The zero-order valence-corrected chi connectivity index (χ0v) is 23.3. The molecule has 0 aliphatic rings. The maximum atomic E-state index is 6.48. The summed E-state index contributed by atoms with van der Waals surface area (Å²) in [5, 5.41) is 8.41. The van der Waals surface area contributed by atoms with Gasteiger partial charge in [-0.05, 0) is 35.0 Å². The first-order valence-electron chi connectivity index (χ1n) is 14.6. The minimum Gasteiger partial charge on any atom is -0.455 e. The van der Waals surface area contributed by atoms with Crippen LogP contribution in [0.4, 0.5) is 0 Å². The van der Waals surface area contributed by atoms with E-state index >= 15 is 0 Å². The van der Waals surface area contributed by atoms with Gasteiger partial charge >= 0.3 is 0 Å². The number of hydrogen-bond acceptors (Lipinski definition) is 5. The molecule has 0 saturated carbocycles. The van der Waals surface area contributed by atoms with Crippen molar-refractivity contribution in [2.75, 3.05) is 0 Å². The van der Waals surface area contributed by atoms with Crippen LogP contribution < -0.4 is 0 Å². The molecule has 0 aliphatic heterocycles. The lowest BCUT2D eigenvalue weighted by Crippen LogP contribution is -2.02. The van der Waals surface area contributed by atoms with Crippen molar-refractivity contribution in [2.24, 2.45) is 0 Å². The minimum atomic E-state index is 0.579. The molecule has 204 valence electrons. The maximum absolute atomic E-state index is 6.48. The highest BCUT2D eigenvalue weighted by Crippen LogP contribution is 2.40. The molecule has 0 bridgehead atoms. The Bertz CT molecular complexity index is 2780. The van der Waals surface area contributed by atoms with Crippen LogP contribution in [0.15, 0.2) is 132 Å². The van der Waals surface area contributed by atoms with Crippen molar-refractivity contribution in [3.8, 4) is 17.3 Å². The summed E-state index contributed by atoms with van der Waals surface area (Å²) in [5.74, 6) is 1.25. The van der Waals surface area contributed by atoms with Gasteiger partial charge in [-0.15, -0.1) is 0 Å². The summed E-state index contributed by atoms with van der Waals surface area (Å²) in [6.45, 7) is 0. The number of fused-ring (bicyclic) bond motifs is 13. The molecule has 0 saturated heterocycles. The number of furan rings is 1. The van der Waals surface area contributed by atoms with Gasteiger partial charge in [-0.2, -0.15) is 0 Å². The van der Waals surface area contributed by atoms with Crippen LogP contribution in [0.25, 0.3) is 93.7 Å². The summed E-state index contributed by atoms with van der Waals surface area (Å²) in [4.78, 5) is 20.1. The smallest absolute Gasteiger partial charge is 0.235 e. The highest BCUT2D eigenvalue weighted by Gasteiger charge is 2.21. The summed E-state index contributed by atoms with van der Waals surface area (Å²) >= 11 is 0. The number of rotatable bonds is 2. The van der Waals surface area contributed by atoms with E-state index in [2.05, 4.69) is 65.2 Å². The van der Waals surface area contributed by atoms with Crippen molar-refractivity contribution in [1.29, 1.82) is 0 Å². The second-order valence-electron chi connectivity index (χ2n) is 11.1. The number of nitrogens with zero attached hydrogens (tertiary/aromatic N) is 5. The predicted octanol–water partition coefficient (Wildman–Crippen LogP) is 9.39. The minimum absolute atomic E-state index is 0.579. The number of aromatic nitrogens is 5. The van der Waals surface area contributed by atoms with Gasteiger partial charge in [-0.25, -0.2) is 19.9 Å². The van der Waals surface area contributed by atoms with E-state index in [1.807, 2.05) is 67.0 Å². The molecule has 10 rings (SSSR count). The summed E-state index contributed by atoms with van der Waals surface area (Å²) in [6.07, 6.45) is 3.86. The van der Waals surface area contributed by atoms with Crippen LogP contribution in [0.1, 0.15) is 0 Å². The second-order valence-corrected chi connectivity index (χ2v) is 11.1. The van der Waals surface area contributed by atoms with Crippen LogP contribution in [-0.2, 0) is 0 Å². The summed E-state index contributed by atoms with van der Waals surface area (Å²) < 4.78 is 8.62. The summed E-state index contributed by atoms with van der Waals surface area (Å²) in [6, 6.07) is 39.2. The highest BCUT2D eigenvalue weighted by atomic mass is 16.3. The van der Waals surface area contributed by atoms with Gasteiger partial charge in [-0.3, -0.25) is 4.57 Å². The zero-order valence-electron chi connectivity index (χ0n) is 23.3. The molecule has 10 aromatic rings. The van der Waals surface area contributed by atoms with Gasteiger partial charge in [0.05, 0.1) is 16.4 Å². The fraction of sp³-hybridized carbons (Fsp3) is 0. The first-order valence-corrected chi connectivity index (χ1v) is 14.6. The first-order chi connectivity index (χ1) is 21.8. The molecule has 0 unspecified atom stereocenters. The molecule has 0 N–H and O–H groups in total. The Kier molecular flexibility index (Phi) is 4.63. The van der Waals surface area contributed by atoms with Crippen molar-refractivity contribution in [3.05, 3.63) is 128 Å². The number of hydrogen-bond donors (Lipinski definition) is 0. The molecule has 0 atom stereocenters. The van der Waals surface area contributed by atoms with Crippen LogP contribution >= 0.6 is 0 Å². The SMILES string of the molecule is c1ccc(-c2ncc3c4ccccc4c4cnc(-n5c6ccccc6c6c7oc8ccccc8c7ccc65)nc4c3n2)cc1. The van der Waals surface area contributed by atoms with Crippen LogP contribution in [0.3, 0.4) is 0 Å². The van der Waals surface area contributed by atoms with E-state index in [0.29, 0.717) is 11.8 Å². The molecule has 0 aliphatic carbocycles. The van der Waals surface area contributed by atoms with Crippen molar-refractivity contribution in [3.63, 3.8) is 0 Å². The lowest BCUT2D eigenvalue weighted by Gasteiger charge is -2.12. The Labute approximate surface area is 249 Å². The first kappa shape index (κ1) is 23.4. The molecular formula is C38H21N5O. The molecule has 0 fully saturated rings. The van der Waals surface area contributed by atoms with Crippen LogP contribution in [-0.4, -0.2) is 24.5 Å². The van der Waals surface area contributed by atoms with E-state index in [0.717, 1.165) is 81.9 Å². The molecular weight excluding hydrogens is 542 g/mol. The van der Waals surface area contributed by atoms with Crippen molar-refractivity contribution < 1.29 is 4.42 Å². The molecule has 6 aromatic carbocycles. The lowest BCUT2D eigenvalue weighted by atomic mass is 10.0. The van der Waals surface area contributed by atoms with E-state index in [9.17, 15) is 0 Å². The number of para-hydroxylation sites is 2. The van der Waals surface area contributed by atoms with Crippen LogP contribution in [0.5, 0.6) is 0 Å². The van der Waals surface area contributed by atoms with E-state index in [1.165, 1.54) is 0 Å². The Morgan fingerprint density at radius 1 is 0.477 bits per heavy atom. The maximum Gasteiger partial charge on any atom is 0.235 e. The normalized spacial score (nSPS) is 12.1. The molecule has 6 nitrogen and oxygen atoms in total. The van der Waals surface area contributed by atoms with Gasteiger partial charge < -0.3 is 4.42 Å². The van der Waals surface area contributed by atoms with Crippen molar-refractivity contribution >= 4 is 76.3 Å². The number of benzene rings is 6. The van der Waals surface area contributed by atoms with Gasteiger partial charge in [0, 0.05) is 44.9 Å². The van der Waals surface area contributed by atoms with Gasteiger partial charge in [0.1, 0.15) is 22.2 Å². The third-order valence-electron chi connectivity index (χ3n) is 8.71. The fourth-order valence-corrected chi connectivity index (χ4v) is 6.75. The van der Waals surface area contributed by atoms with Gasteiger partial charge in [0.15, 0.2) is 5.82 Å². The molecule has 44 heavy (non-hydrogen) atoms. The van der Waals surface area contributed by atoms with Gasteiger partial charge in [0.2, 0.25) is 5.95 Å². The third-order valence-corrected chi connectivity index (χ3v) is 8.71. The Morgan fingerprint density at radius 2 is 1.14 bits per heavy atom. The quantitative estimate of drug-likeness (QED) is 0.196. The molecule has 0 spiro atoms. The van der Waals surface area contributed by atoms with E-state index in [-0.39, 0.29) is 0 Å². The average Bonchev–Trinajstić information content (AvgIpc) is 3.64. The largest absolute Gasteiger partial charge is 0.455 e. The highest BCUT2D eigenvalue weighted by molar-refractivity contribution is 6.25. The topological polar surface area (TPSA) is 69.6 Å². The molecule has 4 heterocycles. The summed E-state index contributed by atoms with van der Waals surface area (Å²) in [5.41, 5.74) is 6.30. The van der Waals surface area contributed by atoms with Crippen molar-refractivity contribution in [1.82, 2.24) is 24.5 Å². The molecule has 4 aromatic heterocycles. The van der Waals surface area contributed by atoms with E-state index < -0.39 is 0 Å². The average molecular weight is 564 g/mol. The third kappa shape index (κ3) is 3.14. The standard InChI is InChI=1S/C38H21N5O/c1-2-10-22(11-3-1)37-39-20-28-23-12-4-5-13-24(23)29-21-40-38(42-35(29)34(28)41-37)43-30-16-8-6-15-27(30)33-31(43)19-18-26-25-14-7-9-17-32(25)44-36(26)33/h1-21H. The molecule has 0 amide bonds. The Balaban J connectivity index is 1.33. The van der Waals surface area contributed by atoms with Crippen molar-refractivity contribution in [2.45, 2.75) is 0 Å². The van der Waals surface area contributed by atoms with Gasteiger partial charge in [0.25, 0.3) is 0 Å². The molecule has 6 heteroatoms.